The first-order valence-corrected chi connectivity index (χ1v) is 11.7. The summed E-state index contributed by atoms with van der Waals surface area (Å²) in [5.74, 6) is -0.220. The lowest BCUT2D eigenvalue weighted by Crippen LogP contribution is -2.43. The maximum absolute atomic E-state index is 12.6. The quantitative estimate of drug-likeness (QED) is 0.460. The molecule has 7 nitrogen and oxygen atoms in total. The van der Waals surface area contributed by atoms with Crippen LogP contribution >= 0.6 is 0 Å². The van der Waals surface area contributed by atoms with Crippen molar-refractivity contribution >= 4 is 15.7 Å². The van der Waals surface area contributed by atoms with Gasteiger partial charge in [0.25, 0.3) is 5.69 Å². The fourth-order valence-corrected chi connectivity index (χ4v) is 4.69. The Balaban J connectivity index is 1.55. The van der Waals surface area contributed by atoms with Crippen molar-refractivity contribution < 1.29 is 22.7 Å². The van der Waals surface area contributed by atoms with Crippen LogP contribution in [0.1, 0.15) is 21.6 Å². The Hall–Kier alpha value is -3.65. The summed E-state index contributed by atoms with van der Waals surface area (Å²) in [5, 5.41) is 16.2. The average molecular weight is 451 g/mol. The van der Waals surface area contributed by atoms with Gasteiger partial charge in [-0.1, -0.05) is 42.0 Å². The van der Waals surface area contributed by atoms with Crippen molar-refractivity contribution in [3.8, 4) is 16.9 Å². The van der Waals surface area contributed by atoms with Gasteiger partial charge in [0.15, 0.2) is 16.0 Å². The van der Waals surface area contributed by atoms with Crippen LogP contribution in [0.2, 0.25) is 0 Å². The standard InChI is InChI=1S/C24H22N2O5S/c1-17-7-10-23(31-15-18-5-3-2-4-6-18)21(13-17)19-8-9-22(26(28)14-19)24(27)25-20-11-12-32(29,30)16-20/h2-14,20H,15-16H2,1H3,(H,25,27)/t20-/m1/s1. The van der Waals surface area contributed by atoms with E-state index >= 15 is 0 Å². The zero-order chi connectivity index (χ0) is 22.7. The monoisotopic (exact) mass is 450 g/mol. The van der Waals surface area contributed by atoms with Crippen molar-refractivity contribution in [3.05, 3.63) is 100 Å². The van der Waals surface area contributed by atoms with Gasteiger partial charge in [0.05, 0.1) is 17.4 Å². The molecule has 4 rings (SSSR count). The number of nitrogens with one attached hydrogen (secondary N) is 1. The topological polar surface area (TPSA) is 99.4 Å². The van der Waals surface area contributed by atoms with Gasteiger partial charge in [0.1, 0.15) is 12.4 Å². The van der Waals surface area contributed by atoms with Gasteiger partial charge in [-0.05, 0) is 36.8 Å². The number of carbonyl (C=O) groups excluding carboxylic acids is 1. The molecule has 0 fully saturated rings. The van der Waals surface area contributed by atoms with E-state index in [9.17, 15) is 18.4 Å². The summed E-state index contributed by atoms with van der Waals surface area (Å²) >= 11 is 0. The molecule has 1 amide bonds. The summed E-state index contributed by atoms with van der Waals surface area (Å²) in [6, 6.07) is 17.9. The number of aryl methyl sites for hydroxylation is 1. The third-order valence-electron chi connectivity index (χ3n) is 5.08. The molecule has 32 heavy (non-hydrogen) atoms. The molecule has 1 N–H and O–H groups in total. The molecule has 1 aromatic heterocycles. The second-order valence-corrected chi connectivity index (χ2v) is 9.57. The lowest BCUT2D eigenvalue weighted by molar-refractivity contribution is -0.607. The third kappa shape index (κ3) is 4.97. The lowest BCUT2D eigenvalue weighted by atomic mass is 10.0. The van der Waals surface area contributed by atoms with E-state index < -0.39 is 21.8 Å². The van der Waals surface area contributed by atoms with Gasteiger partial charge in [-0.2, -0.15) is 4.73 Å². The molecule has 0 spiro atoms. The second-order valence-electron chi connectivity index (χ2n) is 7.64. The minimum atomic E-state index is -3.30. The van der Waals surface area contributed by atoms with Crippen LogP contribution in [0.15, 0.2) is 78.3 Å². The van der Waals surface area contributed by atoms with Crippen LogP contribution < -0.4 is 14.8 Å². The number of rotatable bonds is 6. The highest BCUT2D eigenvalue weighted by Crippen LogP contribution is 2.31. The highest BCUT2D eigenvalue weighted by molar-refractivity contribution is 7.94. The molecule has 8 heteroatoms. The molecule has 2 heterocycles. The van der Waals surface area contributed by atoms with E-state index in [0.29, 0.717) is 22.7 Å². The van der Waals surface area contributed by atoms with Crippen LogP contribution in [0.25, 0.3) is 11.1 Å². The van der Waals surface area contributed by atoms with Crippen LogP contribution in [0.4, 0.5) is 0 Å². The average Bonchev–Trinajstić information content (AvgIpc) is 3.11. The first kappa shape index (κ1) is 21.6. The van der Waals surface area contributed by atoms with E-state index in [1.807, 2.05) is 55.5 Å². The summed E-state index contributed by atoms with van der Waals surface area (Å²) in [4.78, 5) is 12.5. The van der Waals surface area contributed by atoms with Gasteiger partial charge < -0.3 is 15.3 Å². The number of pyridine rings is 1. The molecule has 3 aromatic rings. The zero-order valence-electron chi connectivity index (χ0n) is 17.4. The van der Waals surface area contributed by atoms with Crippen molar-refractivity contribution in [3.63, 3.8) is 0 Å². The fourth-order valence-electron chi connectivity index (χ4n) is 3.45. The van der Waals surface area contributed by atoms with Crippen molar-refractivity contribution in [1.29, 1.82) is 0 Å². The number of hydrogen-bond acceptors (Lipinski definition) is 5. The zero-order valence-corrected chi connectivity index (χ0v) is 18.2. The first-order valence-electron chi connectivity index (χ1n) is 10.0. The molecule has 2 aromatic carbocycles. The molecule has 0 bridgehead atoms. The number of sulfone groups is 1. The van der Waals surface area contributed by atoms with E-state index in [1.165, 1.54) is 18.3 Å². The van der Waals surface area contributed by atoms with Gasteiger partial charge in [0, 0.05) is 17.0 Å². The number of ether oxygens (including phenoxy) is 1. The predicted molar refractivity (Wildman–Crippen MR) is 121 cm³/mol. The Labute approximate surface area is 186 Å². The number of nitrogens with zero attached hydrogens (tertiary/aromatic N) is 1. The molecule has 0 saturated carbocycles. The largest absolute Gasteiger partial charge is 0.618 e. The van der Waals surface area contributed by atoms with Crippen molar-refractivity contribution in [1.82, 2.24) is 5.32 Å². The lowest BCUT2D eigenvalue weighted by Gasteiger charge is -2.14. The van der Waals surface area contributed by atoms with Gasteiger partial charge in [-0.15, -0.1) is 0 Å². The molecule has 1 aliphatic heterocycles. The molecular formula is C24H22N2O5S. The Bertz CT molecular complexity index is 1290. The van der Waals surface area contributed by atoms with Crippen LogP contribution in [-0.2, 0) is 16.4 Å². The first-order chi connectivity index (χ1) is 15.3. The number of hydrogen-bond donors (Lipinski definition) is 1. The van der Waals surface area contributed by atoms with Gasteiger partial charge in [-0.3, -0.25) is 4.79 Å². The SMILES string of the molecule is Cc1ccc(OCc2ccccc2)c(-c2ccc(C(=O)N[C@@H]3C=CS(=O)(=O)C3)[n+]([O-])c2)c1. The van der Waals surface area contributed by atoms with E-state index in [0.717, 1.165) is 22.1 Å². The van der Waals surface area contributed by atoms with Crippen LogP contribution in [-0.4, -0.2) is 26.1 Å². The van der Waals surface area contributed by atoms with Crippen LogP contribution in [0.5, 0.6) is 5.75 Å². The molecular weight excluding hydrogens is 428 g/mol. The van der Waals surface area contributed by atoms with Crippen molar-refractivity contribution in [2.45, 2.75) is 19.6 Å². The van der Waals surface area contributed by atoms with Gasteiger partial charge >= 0.3 is 5.91 Å². The summed E-state index contributed by atoms with van der Waals surface area (Å²) in [5.41, 5.74) is 3.24. The summed E-state index contributed by atoms with van der Waals surface area (Å²) < 4.78 is 29.5. The van der Waals surface area contributed by atoms with Crippen LogP contribution in [0.3, 0.4) is 0 Å². The van der Waals surface area contributed by atoms with Crippen molar-refractivity contribution in [2.75, 3.05) is 5.75 Å². The fraction of sp³-hybridized carbons (Fsp3) is 0.167. The van der Waals surface area contributed by atoms with E-state index in [1.54, 1.807) is 6.07 Å². The minimum absolute atomic E-state index is 0.120. The van der Waals surface area contributed by atoms with E-state index in [2.05, 4.69) is 5.32 Å². The number of benzene rings is 2. The second kappa shape index (κ2) is 8.84. The third-order valence-corrected chi connectivity index (χ3v) is 6.47. The molecule has 1 aliphatic rings. The summed E-state index contributed by atoms with van der Waals surface area (Å²) in [6.45, 7) is 2.33. The number of amides is 1. The smallest absolute Gasteiger partial charge is 0.317 e. The van der Waals surface area contributed by atoms with Gasteiger partial charge in [-0.25, -0.2) is 8.42 Å². The van der Waals surface area contributed by atoms with E-state index in [-0.39, 0.29) is 11.4 Å². The summed E-state index contributed by atoms with van der Waals surface area (Å²) in [6.07, 6.45) is 2.72. The van der Waals surface area contributed by atoms with Crippen molar-refractivity contribution in [2.24, 2.45) is 0 Å². The van der Waals surface area contributed by atoms with Gasteiger partial charge in [0.2, 0.25) is 0 Å². The molecule has 0 radical (unpaired) electrons. The Morgan fingerprint density at radius 1 is 1.16 bits per heavy atom. The highest BCUT2D eigenvalue weighted by atomic mass is 32.2. The Morgan fingerprint density at radius 3 is 2.62 bits per heavy atom. The predicted octanol–water partition coefficient (Wildman–Crippen LogP) is 2.91. The minimum Gasteiger partial charge on any atom is -0.618 e. The summed E-state index contributed by atoms with van der Waals surface area (Å²) in [7, 11) is -3.30. The number of carbonyl (C=O) groups is 1. The Morgan fingerprint density at radius 2 is 1.94 bits per heavy atom. The van der Waals surface area contributed by atoms with E-state index in [4.69, 9.17) is 4.74 Å². The Kier molecular flexibility index (Phi) is 5.96. The normalized spacial score (nSPS) is 16.6. The maximum atomic E-state index is 12.6. The van der Waals surface area contributed by atoms with Crippen LogP contribution in [0, 0.1) is 12.1 Å². The highest BCUT2D eigenvalue weighted by Gasteiger charge is 2.26. The molecule has 0 aliphatic carbocycles. The molecule has 1 atom stereocenters. The maximum Gasteiger partial charge on any atom is 0.317 e. The molecule has 0 unspecified atom stereocenters. The molecule has 164 valence electrons. The molecule has 0 saturated heterocycles. The number of aromatic nitrogens is 1.